The summed E-state index contributed by atoms with van der Waals surface area (Å²) in [5.41, 5.74) is 2.94. The van der Waals surface area contributed by atoms with E-state index in [1.807, 2.05) is 43.3 Å². The topological polar surface area (TPSA) is 76.7 Å². The van der Waals surface area contributed by atoms with E-state index in [4.69, 9.17) is 9.15 Å². The summed E-state index contributed by atoms with van der Waals surface area (Å²) in [7, 11) is 3.90. The Morgan fingerprint density at radius 1 is 1.24 bits per heavy atom. The van der Waals surface area contributed by atoms with Crippen molar-refractivity contribution in [3.8, 4) is 5.75 Å². The lowest BCUT2D eigenvalue weighted by Crippen LogP contribution is -2.23. The van der Waals surface area contributed by atoms with Gasteiger partial charge in [0.2, 0.25) is 5.91 Å². The molecule has 29 heavy (non-hydrogen) atoms. The number of anilines is 1. The van der Waals surface area contributed by atoms with E-state index in [-0.39, 0.29) is 17.6 Å². The lowest BCUT2D eigenvalue weighted by Gasteiger charge is -2.25. The van der Waals surface area contributed by atoms with Crippen molar-refractivity contribution < 1.29 is 13.9 Å². The number of fused-ring (bicyclic) bond motifs is 2. The number of likely N-dealkylation sites (N-methyl/N-ethyl adjacent to an activating group) is 1. The minimum Gasteiger partial charge on any atom is -0.493 e. The minimum absolute atomic E-state index is 0.0586. The van der Waals surface area contributed by atoms with E-state index < -0.39 is 0 Å². The third-order valence-corrected chi connectivity index (χ3v) is 5.24. The fraction of sp³-hybridized carbons (Fsp3) is 0.364. The number of benzene rings is 2. The zero-order chi connectivity index (χ0) is 20.4. The number of carbonyl (C=O) groups is 1. The molecule has 2 heterocycles. The van der Waals surface area contributed by atoms with Gasteiger partial charge < -0.3 is 19.4 Å². The van der Waals surface area contributed by atoms with Gasteiger partial charge >= 0.3 is 5.76 Å². The molecule has 3 aromatic rings. The van der Waals surface area contributed by atoms with Crippen LogP contribution in [0.4, 0.5) is 5.69 Å². The Labute approximate surface area is 168 Å². The van der Waals surface area contributed by atoms with E-state index in [9.17, 15) is 9.59 Å². The lowest BCUT2D eigenvalue weighted by molar-refractivity contribution is -0.116. The van der Waals surface area contributed by atoms with Crippen molar-refractivity contribution in [2.45, 2.75) is 25.3 Å². The van der Waals surface area contributed by atoms with Crippen LogP contribution < -0.4 is 15.8 Å². The molecule has 7 nitrogen and oxygen atoms in total. The van der Waals surface area contributed by atoms with Crippen molar-refractivity contribution in [2.75, 3.05) is 32.6 Å². The third-order valence-electron chi connectivity index (χ3n) is 5.24. The molecule has 2 aromatic carbocycles. The van der Waals surface area contributed by atoms with Gasteiger partial charge in [-0.15, -0.1) is 0 Å². The van der Waals surface area contributed by atoms with Gasteiger partial charge in [-0.1, -0.05) is 18.2 Å². The Morgan fingerprint density at radius 3 is 2.90 bits per heavy atom. The van der Waals surface area contributed by atoms with Gasteiger partial charge in [0, 0.05) is 25.2 Å². The van der Waals surface area contributed by atoms with Gasteiger partial charge in [-0.3, -0.25) is 9.36 Å². The molecule has 4 rings (SSSR count). The smallest absolute Gasteiger partial charge is 0.419 e. The largest absolute Gasteiger partial charge is 0.493 e. The van der Waals surface area contributed by atoms with Crippen molar-refractivity contribution in [1.82, 2.24) is 9.47 Å². The van der Waals surface area contributed by atoms with Gasteiger partial charge in [0.15, 0.2) is 5.58 Å². The molecule has 1 amide bonds. The van der Waals surface area contributed by atoms with Crippen LogP contribution in [0.25, 0.3) is 11.1 Å². The van der Waals surface area contributed by atoms with Gasteiger partial charge in [0.1, 0.15) is 5.75 Å². The standard InChI is InChI=1S/C22H25N3O4/c1-24(2)10-11-25-18-14-16(7-8-20(18)29-22(25)27)23-21(26)13-15-9-12-28-19-6-4-3-5-17(15)19/h3-8,14-15H,9-13H2,1-2H3,(H,23,26)/t15-/m1/s1. The van der Waals surface area contributed by atoms with Gasteiger partial charge in [-0.2, -0.15) is 0 Å². The predicted octanol–water partition coefficient (Wildman–Crippen LogP) is 3.05. The predicted molar refractivity (Wildman–Crippen MR) is 112 cm³/mol. The first-order valence-electron chi connectivity index (χ1n) is 9.81. The Hall–Kier alpha value is -3.06. The average Bonchev–Trinajstić information content (AvgIpc) is 3.01. The number of nitrogens with one attached hydrogen (secondary N) is 1. The normalized spacial score (nSPS) is 15.9. The van der Waals surface area contributed by atoms with Crippen molar-refractivity contribution in [3.63, 3.8) is 0 Å². The first-order valence-corrected chi connectivity index (χ1v) is 9.81. The zero-order valence-corrected chi connectivity index (χ0v) is 16.7. The maximum Gasteiger partial charge on any atom is 0.419 e. The molecule has 1 N–H and O–H groups in total. The number of carbonyl (C=O) groups excluding carboxylic acids is 1. The second-order valence-electron chi connectivity index (χ2n) is 7.63. The Bertz CT molecular complexity index is 1080. The number of hydrogen-bond acceptors (Lipinski definition) is 5. The Balaban J connectivity index is 1.50. The highest BCUT2D eigenvalue weighted by atomic mass is 16.5. The van der Waals surface area contributed by atoms with Crippen LogP contribution in [-0.4, -0.2) is 42.6 Å². The number of amides is 1. The van der Waals surface area contributed by atoms with Gasteiger partial charge in [0.05, 0.1) is 12.1 Å². The summed E-state index contributed by atoms with van der Waals surface area (Å²) < 4.78 is 12.6. The summed E-state index contributed by atoms with van der Waals surface area (Å²) in [6.45, 7) is 1.86. The number of nitrogens with zero attached hydrogens (tertiary/aromatic N) is 2. The average molecular weight is 395 g/mol. The van der Waals surface area contributed by atoms with Gasteiger partial charge in [-0.25, -0.2) is 4.79 Å². The maximum atomic E-state index is 12.7. The van der Waals surface area contributed by atoms with Crippen LogP contribution in [0, 0.1) is 0 Å². The van der Waals surface area contributed by atoms with Crippen molar-refractivity contribution in [1.29, 1.82) is 0 Å². The molecule has 0 aliphatic carbocycles. The number of rotatable bonds is 6. The van der Waals surface area contributed by atoms with E-state index >= 15 is 0 Å². The molecule has 1 aliphatic heterocycles. The molecule has 152 valence electrons. The number of hydrogen-bond donors (Lipinski definition) is 1. The SMILES string of the molecule is CN(C)CCn1c(=O)oc2ccc(NC(=O)C[C@H]3CCOc4ccccc43)cc21. The molecular formula is C22H25N3O4. The van der Waals surface area contributed by atoms with Crippen LogP contribution in [-0.2, 0) is 11.3 Å². The molecular weight excluding hydrogens is 370 g/mol. The molecule has 1 aromatic heterocycles. The lowest BCUT2D eigenvalue weighted by atomic mass is 9.90. The van der Waals surface area contributed by atoms with Gasteiger partial charge in [-0.05, 0) is 56.3 Å². The van der Waals surface area contributed by atoms with Crippen LogP contribution in [0.15, 0.2) is 51.7 Å². The molecule has 0 saturated heterocycles. The fourth-order valence-corrected chi connectivity index (χ4v) is 3.72. The quantitative estimate of drug-likeness (QED) is 0.694. The molecule has 0 bridgehead atoms. The number of aromatic nitrogens is 1. The van der Waals surface area contributed by atoms with E-state index in [1.54, 1.807) is 22.8 Å². The monoisotopic (exact) mass is 395 g/mol. The Kier molecular flexibility index (Phi) is 5.40. The summed E-state index contributed by atoms with van der Waals surface area (Å²) >= 11 is 0. The number of oxazole rings is 1. The first-order chi connectivity index (χ1) is 14.0. The summed E-state index contributed by atoms with van der Waals surface area (Å²) in [5, 5.41) is 2.97. The highest BCUT2D eigenvalue weighted by Crippen LogP contribution is 2.35. The second kappa shape index (κ2) is 8.13. The van der Waals surface area contributed by atoms with Crippen molar-refractivity contribution >= 4 is 22.7 Å². The second-order valence-corrected chi connectivity index (χ2v) is 7.63. The summed E-state index contributed by atoms with van der Waals surface area (Å²) in [4.78, 5) is 26.8. The van der Waals surface area contributed by atoms with E-state index in [1.165, 1.54) is 0 Å². The number of ether oxygens (including phenoxy) is 1. The van der Waals surface area contributed by atoms with E-state index in [0.29, 0.717) is 42.9 Å². The zero-order valence-electron chi connectivity index (χ0n) is 16.7. The molecule has 0 fully saturated rings. The molecule has 0 unspecified atom stereocenters. The van der Waals surface area contributed by atoms with E-state index in [0.717, 1.165) is 17.7 Å². The van der Waals surface area contributed by atoms with Crippen LogP contribution >= 0.6 is 0 Å². The van der Waals surface area contributed by atoms with Crippen LogP contribution in [0.5, 0.6) is 5.75 Å². The molecule has 1 aliphatic rings. The molecule has 0 saturated carbocycles. The summed E-state index contributed by atoms with van der Waals surface area (Å²) in [6.07, 6.45) is 1.20. The van der Waals surface area contributed by atoms with E-state index in [2.05, 4.69) is 5.32 Å². The first kappa shape index (κ1) is 19.3. The Morgan fingerprint density at radius 2 is 2.07 bits per heavy atom. The van der Waals surface area contributed by atoms with Crippen LogP contribution in [0.2, 0.25) is 0 Å². The minimum atomic E-state index is -0.385. The molecule has 0 spiro atoms. The molecule has 7 heteroatoms. The van der Waals surface area contributed by atoms with Crippen molar-refractivity contribution in [3.05, 3.63) is 58.6 Å². The van der Waals surface area contributed by atoms with Gasteiger partial charge in [0.25, 0.3) is 0 Å². The van der Waals surface area contributed by atoms with Crippen LogP contribution in [0.1, 0.15) is 24.3 Å². The summed E-state index contributed by atoms with van der Waals surface area (Å²) in [5.74, 6) is 0.554. The number of para-hydroxylation sites is 1. The molecule has 1 atom stereocenters. The maximum absolute atomic E-state index is 12.7. The molecule has 0 radical (unpaired) electrons. The highest BCUT2D eigenvalue weighted by molar-refractivity contribution is 5.93. The fourth-order valence-electron chi connectivity index (χ4n) is 3.72. The van der Waals surface area contributed by atoms with Crippen molar-refractivity contribution in [2.24, 2.45) is 0 Å². The van der Waals surface area contributed by atoms with Crippen LogP contribution in [0.3, 0.4) is 0 Å². The summed E-state index contributed by atoms with van der Waals surface area (Å²) in [6, 6.07) is 13.2. The highest BCUT2D eigenvalue weighted by Gasteiger charge is 2.23. The third kappa shape index (κ3) is 4.19.